The normalized spacial score (nSPS) is 21.2. The highest BCUT2D eigenvalue weighted by atomic mass is 16.5. The van der Waals surface area contributed by atoms with Gasteiger partial charge in [0, 0.05) is 18.3 Å². The molecule has 0 aromatic carbocycles. The lowest BCUT2D eigenvalue weighted by Gasteiger charge is -2.15. The number of unbranched alkanes of at least 4 members (excludes halogenated alkanes) is 5. The van der Waals surface area contributed by atoms with E-state index in [1.807, 2.05) is 18.2 Å². The predicted molar refractivity (Wildman–Crippen MR) is 100 cm³/mol. The highest BCUT2D eigenvalue weighted by Gasteiger charge is 2.27. The van der Waals surface area contributed by atoms with Crippen LogP contribution in [-0.4, -0.2) is 30.1 Å². The Kier molecular flexibility index (Phi) is 11.1. The standard InChI is InChI=1S/C21H34O4/c1-3-4-7-10-18(22)15-13-17-14-16-20(23)19(17)11-8-5-6-9-12-21(24)25-2/h13-19,22H,3-12H2,1-2H3. The van der Waals surface area contributed by atoms with Gasteiger partial charge in [-0.3, -0.25) is 9.59 Å². The summed E-state index contributed by atoms with van der Waals surface area (Å²) in [4.78, 5) is 23.1. The summed E-state index contributed by atoms with van der Waals surface area (Å²) in [6.45, 7) is 2.15. The quantitative estimate of drug-likeness (QED) is 0.304. The number of aliphatic hydroxyl groups is 1. The molecule has 4 heteroatoms. The van der Waals surface area contributed by atoms with E-state index in [9.17, 15) is 14.7 Å². The summed E-state index contributed by atoms with van der Waals surface area (Å²) in [5.41, 5.74) is 0. The van der Waals surface area contributed by atoms with Crippen molar-refractivity contribution in [1.82, 2.24) is 0 Å². The first-order valence-corrected chi connectivity index (χ1v) is 9.73. The summed E-state index contributed by atoms with van der Waals surface area (Å²) in [6.07, 6.45) is 16.4. The van der Waals surface area contributed by atoms with Crippen molar-refractivity contribution in [3.05, 3.63) is 24.3 Å². The van der Waals surface area contributed by atoms with Gasteiger partial charge in [0.05, 0.1) is 13.2 Å². The van der Waals surface area contributed by atoms with Crippen LogP contribution in [0.4, 0.5) is 0 Å². The molecular weight excluding hydrogens is 316 g/mol. The van der Waals surface area contributed by atoms with Crippen LogP contribution in [0.1, 0.15) is 71.1 Å². The number of aliphatic hydroxyl groups excluding tert-OH is 1. The Balaban J connectivity index is 2.27. The topological polar surface area (TPSA) is 63.6 Å². The predicted octanol–water partition coefficient (Wildman–Crippen LogP) is 4.37. The number of hydrogen-bond acceptors (Lipinski definition) is 4. The maximum absolute atomic E-state index is 12.0. The van der Waals surface area contributed by atoms with E-state index < -0.39 is 6.10 Å². The molecule has 0 fully saturated rings. The second-order valence-electron chi connectivity index (χ2n) is 6.92. The Morgan fingerprint density at radius 1 is 1.24 bits per heavy atom. The molecule has 0 amide bonds. The Bertz CT molecular complexity index is 453. The number of hydrogen-bond donors (Lipinski definition) is 1. The number of ketones is 1. The zero-order chi connectivity index (χ0) is 18.5. The smallest absolute Gasteiger partial charge is 0.305 e. The molecule has 0 saturated heterocycles. The van der Waals surface area contributed by atoms with Gasteiger partial charge in [-0.05, 0) is 25.3 Å². The van der Waals surface area contributed by atoms with E-state index in [-0.39, 0.29) is 23.6 Å². The molecule has 0 aliphatic heterocycles. The lowest BCUT2D eigenvalue weighted by molar-refractivity contribution is -0.140. The van der Waals surface area contributed by atoms with Crippen LogP contribution in [0.5, 0.6) is 0 Å². The molecule has 0 spiro atoms. The lowest BCUT2D eigenvalue weighted by Crippen LogP contribution is -2.15. The van der Waals surface area contributed by atoms with Crippen LogP contribution in [0.3, 0.4) is 0 Å². The minimum atomic E-state index is -0.408. The molecule has 1 rings (SSSR count). The number of allylic oxidation sites excluding steroid dienone is 3. The molecule has 142 valence electrons. The van der Waals surface area contributed by atoms with Gasteiger partial charge in [-0.2, -0.15) is 0 Å². The Morgan fingerprint density at radius 3 is 2.72 bits per heavy atom. The fourth-order valence-electron chi connectivity index (χ4n) is 3.23. The van der Waals surface area contributed by atoms with Gasteiger partial charge in [0.2, 0.25) is 0 Å². The highest BCUT2D eigenvalue weighted by Crippen LogP contribution is 2.29. The first-order valence-electron chi connectivity index (χ1n) is 9.73. The minimum absolute atomic E-state index is 0.0136. The van der Waals surface area contributed by atoms with Crippen LogP contribution in [0.2, 0.25) is 0 Å². The molecule has 0 bridgehead atoms. The highest BCUT2D eigenvalue weighted by molar-refractivity contribution is 5.94. The van der Waals surface area contributed by atoms with E-state index in [1.54, 1.807) is 6.08 Å². The first-order chi connectivity index (χ1) is 12.1. The summed E-state index contributed by atoms with van der Waals surface area (Å²) < 4.78 is 4.62. The van der Waals surface area contributed by atoms with Crippen LogP contribution in [0.25, 0.3) is 0 Å². The maximum atomic E-state index is 12.0. The van der Waals surface area contributed by atoms with Crippen molar-refractivity contribution in [2.75, 3.05) is 7.11 Å². The third-order valence-electron chi connectivity index (χ3n) is 4.85. The van der Waals surface area contributed by atoms with Crippen molar-refractivity contribution in [3.8, 4) is 0 Å². The van der Waals surface area contributed by atoms with Crippen LogP contribution in [-0.2, 0) is 14.3 Å². The number of rotatable bonds is 13. The molecule has 3 atom stereocenters. The molecule has 3 unspecified atom stereocenters. The van der Waals surface area contributed by atoms with Gasteiger partial charge in [-0.1, -0.05) is 63.7 Å². The Labute approximate surface area is 152 Å². The summed E-state index contributed by atoms with van der Waals surface area (Å²) in [5.74, 6) is 0.172. The summed E-state index contributed by atoms with van der Waals surface area (Å²) in [5, 5.41) is 9.99. The van der Waals surface area contributed by atoms with Crippen molar-refractivity contribution >= 4 is 11.8 Å². The molecular formula is C21H34O4. The van der Waals surface area contributed by atoms with E-state index in [4.69, 9.17) is 0 Å². The number of carbonyl (C=O) groups excluding carboxylic acids is 2. The number of ether oxygens (including phenoxy) is 1. The summed E-state index contributed by atoms with van der Waals surface area (Å²) in [6, 6.07) is 0. The Hall–Kier alpha value is -1.42. The van der Waals surface area contributed by atoms with Gasteiger partial charge >= 0.3 is 5.97 Å². The zero-order valence-corrected chi connectivity index (χ0v) is 15.8. The lowest BCUT2D eigenvalue weighted by atomic mass is 9.88. The third-order valence-corrected chi connectivity index (χ3v) is 4.85. The van der Waals surface area contributed by atoms with Crippen molar-refractivity contribution < 1.29 is 19.4 Å². The minimum Gasteiger partial charge on any atom is -0.469 e. The van der Waals surface area contributed by atoms with E-state index >= 15 is 0 Å². The Morgan fingerprint density at radius 2 is 2.00 bits per heavy atom. The molecule has 0 radical (unpaired) electrons. The number of esters is 1. The molecule has 1 aliphatic carbocycles. The van der Waals surface area contributed by atoms with E-state index in [2.05, 4.69) is 11.7 Å². The molecule has 4 nitrogen and oxygen atoms in total. The molecule has 1 aliphatic rings. The monoisotopic (exact) mass is 350 g/mol. The molecule has 1 N–H and O–H groups in total. The van der Waals surface area contributed by atoms with Crippen molar-refractivity contribution in [2.45, 2.75) is 77.2 Å². The summed E-state index contributed by atoms with van der Waals surface area (Å²) >= 11 is 0. The maximum Gasteiger partial charge on any atom is 0.305 e. The first kappa shape index (κ1) is 21.6. The van der Waals surface area contributed by atoms with E-state index in [1.165, 1.54) is 7.11 Å². The second kappa shape index (κ2) is 12.9. The summed E-state index contributed by atoms with van der Waals surface area (Å²) in [7, 11) is 1.41. The second-order valence-corrected chi connectivity index (χ2v) is 6.92. The molecule has 0 aromatic heterocycles. The van der Waals surface area contributed by atoms with E-state index in [0.29, 0.717) is 6.42 Å². The fourth-order valence-corrected chi connectivity index (χ4v) is 3.23. The van der Waals surface area contributed by atoms with Gasteiger partial charge in [0.15, 0.2) is 5.78 Å². The largest absolute Gasteiger partial charge is 0.469 e. The molecule has 0 saturated carbocycles. The van der Waals surface area contributed by atoms with Gasteiger partial charge in [-0.15, -0.1) is 0 Å². The average molecular weight is 350 g/mol. The number of methoxy groups -OCH3 is 1. The van der Waals surface area contributed by atoms with Gasteiger partial charge in [0.25, 0.3) is 0 Å². The fraction of sp³-hybridized carbons (Fsp3) is 0.714. The molecule has 0 heterocycles. The zero-order valence-electron chi connectivity index (χ0n) is 15.8. The molecule has 25 heavy (non-hydrogen) atoms. The van der Waals surface area contributed by atoms with Gasteiger partial charge in [0.1, 0.15) is 0 Å². The van der Waals surface area contributed by atoms with Crippen LogP contribution in [0, 0.1) is 11.8 Å². The average Bonchev–Trinajstić information content (AvgIpc) is 2.96. The van der Waals surface area contributed by atoms with Crippen LogP contribution >= 0.6 is 0 Å². The third kappa shape index (κ3) is 9.01. The van der Waals surface area contributed by atoms with Crippen LogP contribution in [0.15, 0.2) is 24.3 Å². The van der Waals surface area contributed by atoms with E-state index in [0.717, 1.165) is 57.8 Å². The van der Waals surface area contributed by atoms with Crippen LogP contribution < -0.4 is 0 Å². The SMILES string of the molecule is CCCCCC(O)C=CC1C=CC(=O)C1CCCCCCC(=O)OC. The van der Waals surface area contributed by atoms with Gasteiger partial charge < -0.3 is 9.84 Å². The molecule has 0 aromatic rings. The van der Waals surface area contributed by atoms with Crippen molar-refractivity contribution in [2.24, 2.45) is 11.8 Å². The van der Waals surface area contributed by atoms with Gasteiger partial charge in [-0.25, -0.2) is 0 Å². The van der Waals surface area contributed by atoms with Crippen molar-refractivity contribution in [3.63, 3.8) is 0 Å². The van der Waals surface area contributed by atoms with Crippen molar-refractivity contribution in [1.29, 1.82) is 0 Å². The number of carbonyl (C=O) groups is 2.